The van der Waals surface area contributed by atoms with Crippen LogP contribution in [0.3, 0.4) is 0 Å². The molecule has 0 saturated heterocycles. The molecule has 4 heteroatoms. The molecule has 2 aromatic carbocycles. The monoisotopic (exact) mass is 335 g/mol. The van der Waals surface area contributed by atoms with Crippen LogP contribution in [0.4, 0.5) is 0 Å². The van der Waals surface area contributed by atoms with Crippen molar-refractivity contribution in [3.63, 3.8) is 0 Å². The quantitative estimate of drug-likeness (QED) is 0.871. The zero-order valence-electron chi connectivity index (χ0n) is 11.7. The summed E-state index contributed by atoms with van der Waals surface area (Å²) in [5.74, 6) is 1.68. The maximum absolute atomic E-state index is 5.83. The molecule has 0 aromatic heterocycles. The number of hydrogen-bond acceptors (Lipinski definition) is 3. The summed E-state index contributed by atoms with van der Waals surface area (Å²) in [5.41, 5.74) is 2.30. The van der Waals surface area contributed by atoms with Gasteiger partial charge >= 0.3 is 0 Å². The molecule has 0 saturated carbocycles. The first kappa shape index (κ1) is 14.9. The van der Waals surface area contributed by atoms with Crippen LogP contribution in [0, 0.1) is 0 Å². The van der Waals surface area contributed by atoms with E-state index < -0.39 is 0 Å². The molecule has 3 nitrogen and oxygen atoms in total. The first-order chi connectivity index (χ1) is 9.72. The Morgan fingerprint density at radius 2 is 1.95 bits per heavy atom. The number of nitrogens with one attached hydrogen (secondary N) is 1. The average molecular weight is 336 g/mol. The lowest BCUT2D eigenvalue weighted by molar-refractivity contribution is 0.303. The summed E-state index contributed by atoms with van der Waals surface area (Å²) in [5, 5.41) is 3.13. The second kappa shape index (κ2) is 7.31. The van der Waals surface area contributed by atoms with Crippen molar-refractivity contribution in [3.8, 4) is 11.5 Å². The molecule has 0 aliphatic carbocycles. The highest BCUT2D eigenvalue weighted by Gasteiger charge is 2.04. The molecule has 0 amide bonds. The van der Waals surface area contributed by atoms with E-state index in [1.807, 2.05) is 37.4 Å². The molecule has 0 fully saturated rings. The Hall–Kier alpha value is -1.52. The van der Waals surface area contributed by atoms with Gasteiger partial charge in [0.1, 0.15) is 18.1 Å². The van der Waals surface area contributed by atoms with Gasteiger partial charge in [-0.3, -0.25) is 0 Å². The van der Waals surface area contributed by atoms with E-state index in [0.29, 0.717) is 6.61 Å². The summed E-state index contributed by atoms with van der Waals surface area (Å²) >= 11 is 3.54. The van der Waals surface area contributed by atoms with Crippen molar-refractivity contribution in [1.29, 1.82) is 0 Å². The van der Waals surface area contributed by atoms with E-state index in [-0.39, 0.29) is 0 Å². The normalized spacial score (nSPS) is 10.3. The second-order valence-corrected chi connectivity index (χ2v) is 5.29. The van der Waals surface area contributed by atoms with Crippen molar-refractivity contribution in [2.75, 3.05) is 14.2 Å². The fraction of sp³-hybridized carbons (Fsp3) is 0.250. The molecule has 2 rings (SSSR count). The van der Waals surface area contributed by atoms with Crippen LogP contribution in [0.15, 0.2) is 46.9 Å². The van der Waals surface area contributed by atoms with Gasteiger partial charge in [0.05, 0.1) is 11.6 Å². The zero-order chi connectivity index (χ0) is 14.4. The Morgan fingerprint density at radius 1 is 1.10 bits per heavy atom. The molecule has 0 heterocycles. The van der Waals surface area contributed by atoms with Crippen LogP contribution < -0.4 is 14.8 Å². The summed E-state index contributed by atoms with van der Waals surface area (Å²) in [7, 11) is 3.60. The molecule has 0 radical (unpaired) electrons. The van der Waals surface area contributed by atoms with Gasteiger partial charge in [-0.2, -0.15) is 0 Å². The van der Waals surface area contributed by atoms with E-state index >= 15 is 0 Å². The molecule has 0 bridgehead atoms. The van der Waals surface area contributed by atoms with Gasteiger partial charge in [-0.15, -0.1) is 0 Å². The van der Waals surface area contributed by atoms with Crippen LogP contribution in [0.2, 0.25) is 0 Å². The van der Waals surface area contributed by atoms with E-state index in [0.717, 1.165) is 28.1 Å². The van der Waals surface area contributed by atoms with Crippen molar-refractivity contribution in [3.05, 3.63) is 58.1 Å². The SMILES string of the molecule is CNCc1ccc(OCc2cccc(OC)c2)c(Br)c1. The van der Waals surface area contributed by atoms with Gasteiger partial charge < -0.3 is 14.8 Å². The van der Waals surface area contributed by atoms with Crippen LogP contribution in [-0.4, -0.2) is 14.2 Å². The molecule has 0 aliphatic rings. The fourth-order valence-electron chi connectivity index (χ4n) is 1.90. The van der Waals surface area contributed by atoms with Crippen LogP contribution in [0.1, 0.15) is 11.1 Å². The third kappa shape index (κ3) is 3.99. The van der Waals surface area contributed by atoms with Gasteiger partial charge in [0, 0.05) is 6.54 Å². The van der Waals surface area contributed by atoms with Gasteiger partial charge in [-0.05, 0) is 58.4 Å². The molecule has 106 valence electrons. The first-order valence-corrected chi connectivity index (χ1v) is 7.21. The standard InChI is InChI=1S/C16H18BrNO2/c1-18-10-12-6-7-16(15(17)9-12)20-11-13-4-3-5-14(8-13)19-2/h3-9,18H,10-11H2,1-2H3. The maximum Gasteiger partial charge on any atom is 0.134 e. The maximum atomic E-state index is 5.83. The minimum atomic E-state index is 0.515. The number of hydrogen-bond donors (Lipinski definition) is 1. The van der Waals surface area contributed by atoms with Crippen LogP contribution in [-0.2, 0) is 13.2 Å². The van der Waals surface area contributed by atoms with Gasteiger partial charge in [0.15, 0.2) is 0 Å². The van der Waals surface area contributed by atoms with Gasteiger partial charge in [-0.25, -0.2) is 0 Å². The lowest BCUT2D eigenvalue weighted by atomic mass is 10.2. The van der Waals surface area contributed by atoms with Crippen molar-refractivity contribution < 1.29 is 9.47 Å². The average Bonchev–Trinajstić information content (AvgIpc) is 2.47. The van der Waals surface area contributed by atoms with E-state index in [1.54, 1.807) is 7.11 Å². The number of methoxy groups -OCH3 is 1. The van der Waals surface area contributed by atoms with Crippen molar-refractivity contribution in [2.24, 2.45) is 0 Å². The highest BCUT2D eigenvalue weighted by atomic mass is 79.9. The number of ether oxygens (including phenoxy) is 2. The number of rotatable bonds is 6. The van der Waals surface area contributed by atoms with Gasteiger partial charge in [0.25, 0.3) is 0 Å². The molecule has 2 aromatic rings. The third-order valence-electron chi connectivity index (χ3n) is 2.91. The summed E-state index contributed by atoms with van der Waals surface area (Å²) in [6, 6.07) is 14.0. The lowest BCUT2D eigenvalue weighted by Gasteiger charge is -2.10. The van der Waals surface area contributed by atoms with Crippen molar-refractivity contribution in [2.45, 2.75) is 13.2 Å². The topological polar surface area (TPSA) is 30.5 Å². The molecule has 0 aliphatic heterocycles. The van der Waals surface area contributed by atoms with Gasteiger partial charge in [-0.1, -0.05) is 18.2 Å². The van der Waals surface area contributed by atoms with Crippen molar-refractivity contribution in [1.82, 2.24) is 5.32 Å². The van der Waals surface area contributed by atoms with Crippen LogP contribution >= 0.6 is 15.9 Å². The smallest absolute Gasteiger partial charge is 0.134 e. The zero-order valence-corrected chi connectivity index (χ0v) is 13.2. The minimum Gasteiger partial charge on any atom is -0.497 e. The molecular formula is C16H18BrNO2. The summed E-state index contributed by atoms with van der Waals surface area (Å²) < 4.78 is 12.0. The van der Waals surface area contributed by atoms with E-state index in [2.05, 4.69) is 33.4 Å². The Bertz CT molecular complexity index is 572. The molecule has 0 atom stereocenters. The summed E-state index contributed by atoms with van der Waals surface area (Å²) in [6.07, 6.45) is 0. The van der Waals surface area contributed by atoms with Crippen LogP contribution in [0.5, 0.6) is 11.5 Å². The first-order valence-electron chi connectivity index (χ1n) is 6.41. The fourth-order valence-corrected chi connectivity index (χ4v) is 2.44. The molecular weight excluding hydrogens is 318 g/mol. The largest absolute Gasteiger partial charge is 0.497 e. The lowest BCUT2D eigenvalue weighted by Crippen LogP contribution is -2.05. The van der Waals surface area contributed by atoms with E-state index in [1.165, 1.54) is 5.56 Å². The predicted molar refractivity (Wildman–Crippen MR) is 84.2 cm³/mol. The third-order valence-corrected chi connectivity index (χ3v) is 3.53. The Balaban J connectivity index is 2.03. The Labute approximate surface area is 128 Å². The van der Waals surface area contributed by atoms with Crippen LogP contribution in [0.25, 0.3) is 0 Å². The molecule has 20 heavy (non-hydrogen) atoms. The van der Waals surface area contributed by atoms with Crippen molar-refractivity contribution >= 4 is 15.9 Å². The molecule has 0 unspecified atom stereocenters. The van der Waals surface area contributed by atoms with E-state index in [9.17, 15) is 0 Å². The van der Waals surface area contributed by atoms with Gasteiger partial charge in [0.2, 0.25) is 0 Å². The second-order valence-electron chi connectivity index (χ2n) is 4.44. The Morgan fingerprint density at radius 3 is 2.65 bits per heavy atom. The predicted octanol–water partition coefficient (Wildman–Crippen LogP) is 3.76. The number of benzene rings is 2. The number of halogens is 1. The molecule has 0 spiro atoms. The summed E-state index contributed by atoms with van der Waals surface area (Å²) in [6.45, 7) is 1.36. The Kier molecular flexibility index (Phi) is 5.44. The molecule has 1 N–H and O–H groups in total. The summed E-state index contributed by atoms with van der Waals surface area (Å²) in [4.78, 5) is 0. The highest BCUT2D eigenvalue weighted by molar-refractivity contribution is 9.10. The minimum absolute atomic E-state index is 0.515. The highest BCUT2D eigenvalue weighted by Crippen LogP contribution is 2.27. The van der Waals surface area contributed by atoms with E-state index in [4.69, 9.17) is 9.47 Å².